The van der Waals surface area contributed by atoms with Crippen LogP contribution in [-0.2, 0) is 16.8 Å². The van der Waals surface area contributed by atoms with Crippen molar-refractivity contribution in [3.05, 3.63) is 72.0 Å². The van der Waals surface area contributed by atoms with Gasteiger partial charge in [0.05, 0.1) is 34.4 Å². The highest BCUT2D eigenvalue weighted by atomic mass is 32.2. The third-order valence-corrected chi connectivity index (χ3v) is 8.85. The SMILES string of the molecule is C/C=C(\CC)c1oc2cc(N(C)S(C)(=O)=O)c(-c3ccc4c(n3)-c3cc5ccccc5n3CO4)cc2c1C(=O)NC. The van der Waals surface area contributed by atoms with E-state index in [1.54, 1.807) is 19.2 Å². The molecule has 1 amide bonds. The van der Waals surface area contributed by atoms with E-state index in [9.17, 15) is 13.2 Å². The minimum absolute atomic E-state index is 0.293. The second-order valence-electron chi connectivity index (χ2n) is 9.98. The molecule has 5 aromatic rings. The zero-order chi connectivity index (χ0) is 29.1. The number of benzene rings is 2. The lowest BCUT2D eigenvalue weighted by atomic mass is 9.99. The van der Waals surface area contributed by atoms with Gasteiger partial charge in [-0.3, -0.25) is 9.10 Å². The van der Waals surface area contributed by atoms with Crippen LogP contribution in [0.5, 0.6) is 5.75 Å². The van der Waals surface area contributed by atoms with Gasteiger partial charge in [-0.2, -0.15) is 0 Å². The minimum atomic E-state index is -3.64. The van der Waals surface area contributed by atoms with Gasteiger partial charge in [-0.25, -0.2) is 13.4 Å². The van der Waals surface area contributed by atoms with Crippen LogP contribution in [0.15, 0.2) is 65.1 Å². The molecule has 0 saturated carbocycles. The number of rotatable bonds is 6. The topological polar surface area (TPSA) is 107 Å². The van der Waals surface area contributed by atoms with Crippen LogP contribution in [0.2, 0.25) is 0 Å². The van der Waals surface area contributed by atoms with Crippen molar-refractivity contribution in [1.29, 1.82) is 0 Å². The van der Waals surface area contributed by atoms with Gasteiger partial charge in [0.25, 0.3) is 5.91 Å². The Balaban J connectivity index is 1.64. The number of hydrogen-bond acceptors (Lipinski definition) is 6. The molecule has 0 radical (unpaired) electrons. The molecular formula is C31H30N4O5S. The number of carbonyl (C=O) groups excluding carboxylic acids is 1. The Kier molecular flexibility index (Phi) is 6.37. The first-order valence-corrected chi connectivity index (χ1v) is 15.2. The zero-order valence-electron chi connectivity index (χ0n) is 23.5. The van der Waals surface area contributed by atoms with E-state index in [0.717, 1.165) is 28.4 Å². The van der Waals surface area contributed by atoms with E-state index in [1.807, 2.05) is 56.3 Å². The van der Waals surface area contributed by atoms with Crippen molar-refractivity contribution in [2.24, 2.45) is 0 Å². The largest absolute Gasteiger partial charge is 0.470 e. The van der Waals surface area contributed by atoms with Crippen LogP contribution in [0.4, 0.5) is 5.69 Å². The number of allylic oxidation sites excluding steroid dienone is 2. The minimum Gasteiger partial charge on any atom is -0.470 e. The number of hydrogen-bond donors (Lipinski definition) is 1. The smallest absolute Gasteiger partial charge is 0.255 e. The molecular weight excluding hydrogens is 540 g/mol. The molecule has 10 heteroatoms. The second kappa shape index (κ2) is 9.81. The molecule has 0 unspecified atom stereocenters. The Bertz CT molecular complexity index is 2000. The lowest BCUT2D eigenvalue weighted by Gasteiger charge is -2.23. The molecule has 0 bridgehead atoms. The summed E-state index contributed by atoms with van der Waals surface area (Å²) in [4.78, 5) is 18.2. The Hall–Kier alpha value is -4.57. The molecule has 0 aliphatic carbocycles. The lowest BCUT2D eigenvalue weighted by molar-refractivity contribution is 0.0963. The molecule has 2 aromatic carbocycles. The molecule has 210 valence electrons. The highest BCUT2D eigenvalue weighted by molar-refractivity contribution is 7.92. The average Bonchev–Trinajstić information content (AvgIpc) is 3.54. The number of fused-ring (bicyclic) bond motifs is 6. The summed E-state index contributed by atoms with van der Waals surface area (Å²) >= 11 is 0. The molecule has 1 aliphatic rings. The maximum Gasteiger partial charge on any atom is 0.255 e. The van der Waals surface area contributed by atoms with E-state index < -0.39 is 10.0 Å². The Morgan fingerprint density at radius 1 is 1.17 bits per heavy atom. The Morgan fingerprint density at radius 3 is 2.66 bits per heavy atom. The fourth-order valence-electron chi connectivity index (χ4n) is 5.42. The average molecular weight is 571 g/mol. The fourth-order valence-corrected chi connectivity index (χ4v) is 5.93. The van der Waals surface area contributed by atoms with E-state index in [0.29, 0.717) is 63.8 Å². The van der Waals surface area contributed by atoms with Crippen LogP contribution < -0.4 is 14.4 Å². The number of sulfonamides is 1. The third kappa shape index (κ3) is 4.26. The monoisotopic (exact) mass is 570 g/mol. The van der Waals surface area contributed by atoms with Gasteiger partial charge in [0, 0.05) is 36.5 Å². The van der Waals surface area contributed by atoms with Crippen LogP contribution in [-0.4, -0.2) is 44.2 Å². The number of pyridine rings is 1. The number of para-hydroxylation sites is 1. The van der Waals surface area contributed by atoms with E-state index in [4.69, 9.17) is 14.1 Å². The van der Waals surface area contributed by atoms with Crippen molar-refractivity contribution in [2.45, 2.75) is 27.0 Å². The Morgan fingerprint density at radius 2 is 1.95 bits per heavy atom. The van der Waals surface area contributed by atoms with Crippen molar-refractivity contribution in [1.82, 2.24) is 14.9 Å². The van der Waals surface area contributed by atoms with Crippen LogP contribution in [0.1, 0.15) is 36.4 Å². The quantitative estimate of drug-likeness (QED) is 0.267. The number of ether oxygens (including phenoxy) is 1. The van der Waals surface area contributed by atoms with Crippen molar-refractivity contribution in [2.75, 3.05) is 24.7 Å². The molecule has 41 heavy (non-hydrogen) atoms. The lowest BCUT2D eigenvalue weighted by Crippen LogP contribution is -2.25. The van der Waals surface area contributed by atoms with Gasteiger partial charge in [-0.15, -0.1) is 0 Å². The van der Waals surface area contributed by atoms with E-state index >= 15 is 0 Å². The fraction of sp³-hybridized carbons (Fsp3) is 0.226. The van der Waals surface area contributed by atoms with Gasteiger partial charge in [0.1, 0.15) is 22.8 Å². The number of furan rings is 1. The Labute approximate surface area is 238 Å². The van der Waals surface area contributed by atoms with Gasteiger partial charge >= 0.3 is 0 Å². The maximum absolute atomic E-state index is 13.1. The molecule has 0 saturated heterocycles. The van der Waals surface area contributed by atoms with Gasteiger partial charge in [0.15, 0.2) is 6.73 Å². The van der Waals surface area contributed by atoms with Crippen molar-refractivity contribution >= 4 is 49.1 Å². The van der Waals surface area contributed by atoms with Crippen LogP contribution >= 0.6 is 0 Å². The molecule has 1 N–H and O–H groups in total. The molecule has 9 nitrogen and oxygen atoms in total. The number of anilines is 1. The van der Waals surface area contributed by atoms with Crippen molar-refractivity contribution in [3.8, 4) is 28.4 Å². The molecule has 0 fully saturated rings. The number of nitrogens with one attached hydrogen (secondary N) is 1. The molecule has 0 spiro atoms. The highest BCUT2D eigenvalue weighted by Crippen LogP contribution is 2.43. The van der Waals surface area contributed by atoms with Crippen LogP contribution in [0.25, 0.3) is 50.1 Å². The molecule has 4 heterocycles. The predicted octanol–water partition coefficient (Wildman–Crippen LogP) is 6.04. The normalized spacial score (nSPS) is 13.1. The summed E-state index contributed by atoms with van der Waals surface area (Å²) in [6.45, 7) is 4.25. The van der Waals surface area contributed by atoms with Crippen molar-refractivity contribution < 1.29 is 22.4 Å². The first-order chi connectivity index (χ1) is 19.7. The van der Waals surface area contributed by atoms with E-state index in [-0.39, 0.29) is 5.91 Å². The summed E-state index contributed by atoms with van der Waals surface area (Å²) in [6, 6.07) is 17.3. The molecule has 6 rings (SSSR count). The first-order valence-electron chi connectivity index (χ1n) is 13.3. The predicted molar refractivity (Wildman–Crippen MR) is 162 cm³/mol. The van der Waals surface area contributed by atoms with E-state index in [2.05, 4.69) is 16.0 Å². The second-order valence-corrected chi connectivity index (χ2v) is 12.0. The number of carbonyl (C=O) groups is 1. The number of nitrogens with zero attached hydrogens (tertiary/aromatic N) is 3. The summed E-state index contributed by atoms with van der Waals surface area (Å²) in [5.41, 5.74) is 5.73. The van der Waals surface area contributed by atoms with Gasteiger partial charge < -0.3 is 19.0 Å². The zero-order valence-corrected chi connectivity index (χ0v) is 24.3. The summed E-state index contributed by atoms with van der Waals surface area (Å²) in [5, 5.41) is 4.36. The van der Waals surface area contributed by atoms with Gasteiger partial charge in [0.2, 0.25) is 10.0 Å². The molecule has 3 aromatic heterocycles. The van der Waals surface area contributed by atoms with E-state index in [1.165, 1.54) is 11.4 Å². The van der Waals surface area contributed by atoms with Crippen LogP contribution in [0.3, 0.4) is 0 Å². The van der Waals surface area contributed by atoms with Gasteiger partial charge in [-0.05, 0) is 49.2 Å². The van der Waals surface area contributed by atoms with Crippen LogP contribution in [0, 0.1) is 0 Å². The first kappa shape index (κ1) is 26.6. The summed E-state index contributed by atoms with van der Waals surface area (Å²) in [6.07, 6.45) is 3.72. The standard InChI is InChI=1S/C31H30N4O5S/c1-6-18(7-2)30-28(31(36)32-3)21-15-20(24(16-27(21)40-30)34(4)41(5,37)38)22-12-13-26-29(33-22)25-14-19-10-8-9-11-23(19)35(25)17-39-26/h6,8-16H,7,17H2,1-5H3,(H,32,36)/b18-6+. The van der Waals surface area contributed by atoms with Crippen molar-refractivity contribution in [3.63, 3.8) is 0 Å². The molecule has 1 aliphatic heterocycles. The highest BCUT2D eigenvalue weighted by Gasteiger charge is 2.28. The maximum atomic E-state index is 13.1. The third-order valence-electron chi connectivity index (χ3n) is 7.65. The number of aromatic nitrogens is 2. The summed E-state index contributed by atoms with van der Waals surface area (Å²) in [5.74, 6) is 0.810. The summed E-state index contributed by atoms with van der Waals surface area (Å²) in [7, 11) is -0.579. The molecule has 0 atom stereocenters. The number of amides is 1. The summed E-state index contributed by atoms with van der Waals surface area (Å²) < 4.78 is 41.1. The van der Waals surface area contributed by atoms with Gasteiger partial charge in [-0.1, -0.05) is 31.2 Å².